The predicted octanol–water partition coefficient (Wildman–Crippen LogP) is 1.24. The third-order valence-corrected chi connectivity index (χ3v) is 3.71. The van der Waals surface area contributed by atoms with E-state index in [9.17, 15) is 4.79 Å². The van der Waals surface area contributed by atoms with E-state index in [0.717, 1.165) is 5.69 Å². The van der Waals surface area contributed by atoms with Crippen LogP contribution in [0.5, 0.6) is 0 Å². The van der Waals surface area contributed by atoms with E-state index in [0.29, 0.717) is 15.0 Å². The van der Waals surface area contributed by atoms with Crippen molar-refractivity contribution in [1.29, 1.82) is 0 Å². The molecule has 0 amide bonds. The van der Waals surface area contributed by atoms with Crippen molar-refractivity contribution in [3.05, 3.63) is 50.1 Å². The smallest absolute Gasteiger partial charge is 0.266 e. The zero-order valence-corrected chi connectivity index (χ0v) is 12.7. The Morgan fingerprint density at radius 3 is 3.00 bits per heavy atom. The van der Waals surface area contributed by atoms with Crippen LogP contribution >= 0.6 is 22.6 Å². The summed E-state index contributed by atoms with van der Waals surface area (Å²) in [6.45, 7) is 0. The molecule has 0 aliphatic carbocycles. The van der Waals surface area contributed by atoms with Crippen LogP contribution in [0.25, 0.3) is 0 Å². The van der Waals surface area contributed by atoms with E-state index < -0.39 is 0 Å². The average molecular weight is 385 g/mol. The predicted molar refractivity (Wildman–Crippen MR) is 84.6 cm³/mol. The Morgan fingerprint density at radius 1 is 1.55 bits per heavy atom. The molecular weight excluding hydrogens is 373 g/mol. The molecule has 2 aromatic rings. The Morgan fingerprint density at radius 2 is 2.30 bits per heavy atom. The number of benzene rings is 1. The number of H-pyrrole nitrogens is 1. The summed E-state index contributed by atoms with van der Waals surface area (Å²) in [4.78, 5) is 20.0. The molecule has 0 saturated heterocycles. The summed E-state index contributed by atoms with van der Waals surface area (Å²) in [6, 6.07) is 7.09. The topological polar surface area (TPSA) is 108 Å². The SMILES string of the molecule is CN(c1cccc(/C(N)=N/O)c1)c1nc[nH]c(=O)c1I. The van der Waals surface area contributed by atoms with Gasteiger partial charge in [0.05, 0.1) is 6.33 Å². The summed E-state index contributed by atoms with van der Waals surface area (Å²) >= 11 is 1.94. The van der Waals surface area contributed by atoms with Crippen LogP contribution < -0.4 is 16.2 Å². The number of nitrogens with zero attached hydrogens (tertiary/aromatic N) is 3. The quantitative estimate of drug-likeness (QED) is 0.242. The molecule has 20 heavy (non-hydrogen) atoms. The van der Waals surface area contributed by atoms with Gasteiger partial charge in [-0.25, -0.2) is 4.98 Å². The third kappa shape index (κ3) is 2.74. The maximum absolute atomic E-state index is 11.6. The van der Waals surface area contributed by atoms with Gasteiger partial charge in [0.25, 0.3) is 5.56 Å². The van der Waals surface area contributed by atoms with Crippen LogP contribution in [-0.4, -0.2) is 28.1 Å². The van der Waals surface area contributed by atoms with Crippen molar-refractivity contribution in [2.45, 2.75) is 0 Å². The first-order valence-corrected chi connectivity index (χ1v) is 6.67. The van der Waals surface area contributed by atoms with Gasteiger partial charge in [0.15, 0.2) is 11.7 Å². The van der Waals surface area contributed by atoms with Gasteiger partial charge >= 0.3 is 0 Å². The Bertz CT molecular complexity index is 713. The highest BCUT2D eigenvalue weighted by molar-refractivity contribution is 14.1. The summed E-state index contributed by atoms with van der Waals surface area (Å²) in [5, 5.41) is 11.7. The first-order chi connectivity index (χ1) is 9.54. The first-order valence-electron chi connectivity index (χ1n) is 5.59. The fourth-order valence-corrected chi connectivity index (χ4v) is 2.32. The molecule has 0 aliphatic heterocycles. The number of rotatable bonds is 3. The van der Waals surface area contributed by atoms with Crippen molar-refractivity contribution in [1.82, 2.24) is 9.97 Å². The van der Waals surface area contributed by atoms with Crippen LogP contribution in [0.2, 0.25) is 0 Å². The Labute approximate surface area is 128 Å². The minimum atomic E-state index is -0.199. The van der Waals surface area contributed by atoms with Gasteiger partial charge in [-0.15, -0.1) is 0 Å². The van der Waals surface area contributed by atoms with Crippen LogP contribution in [0, 0.1) is 3.57 Å². The van der Waals surface area contributed by atoms with Crippen LogP contribution in [-0.2, 0) is 0 Å². The number of oxime groups is 1. The van der Waals surface area contributed by atoms with E-state index in [1.54, 1.807) is 30.1 Å². The van der Waals surface area contributed by atoms with E-state index >= 15 is 0 Å². The number of anilines is 2. The molecule has 1 aromatic carbocycles. The molecule has 8 heteroatoms. The van der Waals surface area contributed by atoms with Crippen LogP contribution in [0.3, 0.4) is 0 Å². The van der Waals surface area contributed by atoms with E-state index in [-0.39, 0.29) is 11.4 Å². The molecule has 0 spiro atoms. The second kappa shape index (κ2) is 5.90. The molecule has 1 heterocycles. The number of hydrogen-bond donors (Lipinski definition) is 3. The zero-order chi connectivity index (χ0) is 14.7. The lowest BCUT2D eigenvalue weighted by Crippen LogP contribution is -2.20. The molecule has 0 saturated carbocycles. The lowest BCUT2D eigenvalue weighted by atomic mass is 10.2. The van der Waals surface area contributed by atoms with Crippen LogP contribution in [0.15, 0.2) is 40.5 Å². The van der Waals surface area contributed by atoms with Gasteiger partial charge in [-0.2, -0.15) is 0 Å². The number of aromatic nitrogens is 2. The van der Waals surface area contributed by atoms with Gasteiger partial charge < -0.3 is 20.8 Å². The molecule has 2 rings (SSSR count). The zero-order valence-electron chi connectivity index (χ0n) is 10.5. The molecule has 0 bridgehead atoms. The largest absolute Gasteiger partial charge is 0.409 e. The van der Waals surface area contributed by atoms with E-state index in [1.807, 2.05) is 28.7 Å². The normalized spacial score (nSPS) is 11.4. The Balaban J connectivity index is 2.46. The monoisotopic (exact) mass is 385 g/mol. The molecule has 0 unspecified atom stereocenters. The van der Waals surface area contributed by atoms with Crippen LogP contribution in [0.1, 0.15) is 5.56 Å². The van der Waals surface area contributed by atoms with Crippen molar-refractivity contribution in [3.8, 4) is 0 Å². The second-order valence-electron chi connectivity index (χ2n) is 3.96. The number of amidine groups is 1. The molecule has 104 valence electrons. The molecular formula is C12H12IN5O2. The third-order valence-electron chi connectivity index (χ3n) is 2.73. The van der Waals surface area contributed by atoms with Gasteiger partial charge in [-0.3, -0.25) is 4.79 Å². The Kier molecular flexibility index (Phi) is 4.23. The van der Waals surface area contributed by atoms with Crippen LogP contribution in [0.4, 0.5) is 11.5 Å². The molecule has 0 atom stereocenters. The highest BCUT2D eigenvalue weighted by atomic mass is 127. The van der Waals surface area contributed by atoms with Crippen molar-refractivity contribution >= 4 is 39.9 Å². The molecule has 0 aliphatic rings. The van der Waals surface area contributed by atoms with Gasteiger partial charge in [0.2, 0.25) is 0 Å². The number of aromatic amines is 1. The summed E-state index contributed by atoms with van der Waals surface area (Å²) in [6.07, 6.45) is 1.35. The summed E-state index contributed by atoms with van der Waals surface area (Å²) in [5.74, 6) is 0.555. The van der Waals surface area contributed by atoms with Crippen molar-refractivity contribution in [2.24, 2.45) is 10.9 Å². The number of nitrogens with one attached hydrogen (secondary N) is 1. The molecule has 7 nitrogen and oxygen atoms in total. The summed E-state index contributed by atoms with van der Waals surface area (Å²) < 4.78 is 0.488. The van der Waals surface area contributed by atoms with Crippen molar-refractivity contribution in [2.75, 3.05) is 11.9 Å². The lowest BCUT2D eigenvalue weighted by molar-refractivity contribution is 0.318. The fraction of sp³-hybridized carbons (Fsp3) is 0.0833. The number of halogens is 1. The van der Waals surface area contributed by atoms with Gasteiger partial charge in [-0.05, 0) is 34.7 Å². The maximum Gasteiger partial charge on any atom is 0.266 e. The highest BCUT2D eigenvalue weighted by Gasteiger charge is 2.12. The van der Waals surface area contributed by atoms with Gasteiger partial charge in [0.1, 0.15) is 3.57 Å². The Hall–Kier alpha value is -2.10. The second-order valence-corrected chi connectivity index (χ2v) is 5.04. The van der Waals surface area contributed by atoms with E-state index in [2.05, 4.69) is 15.1 Å². The van der Waals surface area contributed by atoms with E-state index in [4.69, 9.17) is 10.9 Å². The summed E-state index contributed by atoms with van der Waals surface area (Å²) in [7, 11) is 1.79. The molecule has 4 N–H and O–H groups in total. The minimum absolute atomic E-state index is 0.0221. The molecule has 0 fully saturated rings. The average Bonchev–Trinajstić information content (AvgIpc) is 2.48. The molecule has 1 aromatic heterocycles. The number of hydrogen-bond acceptors (Lipinski definition) is 5. The highest BCUT2D eigenvalue weighted by Crippen LogP contribution is 2.24. The van der Waals surface area contributed by atoms with Crippen molar-refractivity contribution < 1.29 is 5.21 Å². The van der Waals surface area contributed by atoms with E-state index in [1.165, 1.54) is 6.33 Å². The van der Waals surface area contributed by atoms with Gasteiger partial charge in [0, 0.05) is 18.3 Å². The van der Waals surface area contributed by atoms with Gasteiger partial charge in [-0.1, -0.05) is 17.3 Å². The minimum Gasteiger partial charge on any atom is -0.409 e. The van der Waals surface area contributed by atoms with Crippen molar-refractivity contribution in [3.63, 3.8) is 0 Å². The summed E-state index contributed by atoms with van der Waals surface area (Å²) in [5.41, 5.74) is 6.72. The lowest BCUT2D eigenvalue weighted by Gasteiger charge is -2.19. The molecule has 0 radical (unpaired) electrons. The number of nitrogens with two attached hydrogens (primary N) is 1. The maximum atomic E-state index is 11.6. The fourth-order valence-electron chi connectivity index (χ4n) is 1.66. The standard InChI is InChI=1S/C12H12IN5O2/c1-18(11-9(13)12(19)16-6-15-11)8-4-2-3-7(5-8)10(14)17-20/h2-6,20H,1H3,(H2,14,17)(H,15,16,19). The first kappa shape index (κ1) is 14.3.